The highest BCUT2D eigenvalue weighted by atomic mass is 16.5. The summed E-state index contributed by atoms with van der Waals surface area (Å²) in [5, 5.41) is 8.52. The van der Waals surface area contributed by atoms with Crippen molar-refractivity contribution < 1.29 is 18.6 Å². The summed E-state index contributed by atoms with van der Waals surface area (Å²) in [5.41, 5.74) is 6.41. The minimum absolute atomic E-state index is 0.379. The molecule has 7 nitrogen and oxygen atoms in total. The van der Waals surface area contributed by atoms with Crippen molar-refractivity contribution in [1.29, 1.82) is 0 Å². The first-order valence-electron chi connectivity index (χ1n) is 9.16. The van der Waals surface area contributed by atoms with Gasteiger partial charge in [0.25, 0.3) is 0 Å². The third-order valence-corrected chi connectivity index (χ3v) is 5.21. The highest BCUT2D eigenvalue weighted by Crippen LogP contribution is 2.43. The molecule has 0 amide bonds. The van der Waals surface area contributed by atoms with Crippen LogP contribution >= 0.6 is 0 Å². The van der Waals surface area contributed by atoms with E-state index in [-0.39, 0.29) is 0 Å². The molecule has 0 spiro atoms. The monoisotopic (exact) mass is 389 g/mol. The van der Waals surface area contributed by atoms with Gasteiger partial charge in [0.05, 0.1) is 32.6 Å². The van der Waals surface area contributed by atoms with Crippen LogP contribution in [-0.2, 0) is 6.42 Å². The first kappa shape index (κ1) is 17.4. The van der Waals surface area contributed by atoms with Crippen molar-refractivity contribution in [1.82, 2.24) is 15.2 Å². The summed E-state index contributed by atoms with van der Waals surface area (Å²) in [5.74, 6) is 2.42. The van der Waals surface area contributed by atoms with Gasteiger partial charge in [-0.1, -0.05) is 24.3 Å². The number of aromatic amines is 1. The summed E-state index contributed by atoms with van der Waals surface area (Å²) in [6, 6.07) is 11.9. The Hall–Kier alpha value is -3.74. The number of H-pyrrole nitrogens is 1. The maximum atomic E-state index is 6.02. The van der Waals surface area contributed by atoms with Gasteiger partial charge in [0.1, 0.15) is 0 Å². The van der Waals surface area contributed by atoms with E-state index in [1.165, 1.54) is 16.7 Å². The van der Waals surface area contributed by atoms with Gasteiger partial charge in [0, 0.05) is 23.7 Å². The van der Waals surface area contributed by atoms with E-state index < -0.39 is 0 Å². The number of benzene rings is 2. The molecule has 0 unspecified atom stereocenters. The molecule has 1 aliphatic carbocycles. The molecule has 1 N–H and O–H groups in total. The number of aromatic nitrogens is 3. The summed E-state index contributed by atoms with van der Waals surface area (Å²) in [4.78, 5) is 3.36. The molecule has 1 aliphatic rings. The second-order valence-corrected chi connectivity index (χ2v) is 6.72. The standard InChI is InChI=1S/C22H19N3O4/c1-26-17-9-13(10-18(27-2)20(17)28-3)21-24-25-22(29-21)16-11-23-19-14-7-5-4-6-12(14)8-15(16)19/h4-7,9-11,23H,8H2,1-3H3. The molecule has 4 aromatic rings. The number of hydrogen-bond acceptors (Lipinski definition) is 6. The lowest BCUT2D eigenvalue weighted by Crippen LogP contribution is -1.95. The van der Waals surface area contributed by atoms with E-state index in [0.29, 0.717) is 34.6 Å². The molecule has 0 saturated heterocycles. The van der Waals surface area contributed by atoms with Crippen LogP contribution in [0.2, 0.25) is 0 Å². The van der Waals surface area contributed by atoms with E-state index in [1.807, 2.05) is 12.3 Å². The van der Waals surface area contributed by atoms with E-state index in [2.05, 4.69) is 33.4 Å². The Labute approximate surface area is 167 Å². The first-order chi connectivity index (χ1) is 14.2. The molecule has 2 aromatic carbocycles. The average Bonchev–Trinajstić information content (AvgIpc) is 3.47. The second kappa shape index (κ2) is 6.70. The van der Waals surface area contributed by atoms with Gasteiger partial charge in [-0.15, -0.1) is 10.2 Å². The number of rotatable bonds is 5. The van der Waals surface area contributed by atoms with Crippen molar-refractivity contribution in [3.05, 3.63) is 53.7 Å². The van der Waals surface area contributed by atoms with Crippen LogP contribution in [0.25, 0.3) is 34.2 Å². The number of fused-ring (bicyclic) bond motifs is 3. The molecule has 0 bridgehead atoms. The zero-order valence-electron chi connectivity index (χ0n) is 16.3. The average molecular weight is 389 g/mol. The first-order valence-corrected chi connectivity index (χ1v) is 9.16. The minimum atomic E-state index is 0.379. The highest BCUT2D eigenvalue weighted by molar-refractivity contribution is 5.81. The van der Waals surface area contributed by atoms with Crippen LogP contribution in [0, 0.1) is 0 Å². The maximum absolute atomic E-state index is 6.02. The predicted molar refractivity (Wildman–Crippen MR) is 107 cm³/mol. The molecule has 0 aliphatic heterocycles. The number of nitrogens with zero attached hydrogens (tertiary/aromatic N) is 2. The third-order valence-electron chi connectivity index (χ3n) is 5.21. The van der Waals surface area contributed by atoms with E-state index in [0.717, 1.165) is 17.7 Å². The number of methoxy groups -OCH3 is 3. The molecule has 7 heteroatoms. The summed E-state index contributed by atoms with van der Waals surface area (Å²) in [7, 11) is 4.71. The Morgan fingerprint density at radius 1 is 0.897 bits per heavy atom. The van der Waals surface area contributed by atoms with Gasteiger partial charge < -0.3 is 23.6 Å². The van der Waals surface area contributed by atoms with E-state index >= 15 is 0 Å². The third kappa shape index (κ3) is 2.66. The Bertz CT molecular complexity index is 1180. The highest BCUT2D eigenvalue weighted by Gasteiger charge is 2.26. The molecule has 0 atom stereocenters. The van der Waals surface area contributed by atoms with Crippen LogP contribution in [0.4, 0.5) is 0 Å². The van der Waals surface area contributed by atoms with Crippen molar-refractivity contribution >= 4 is 0 Å². The van der Waals surface area contributed by atoms with Crippen LogP contribution < -0.4 is 14.2 Å². The van der Waals surface area contributed by atoms with Gasteiger partial charge in [0.15, 0.2) is 11.5 Å². The largest absolute Gasteiger partial charge is 0.493 e. The predicted octanol–water partition coefficient (Wildman–Crippen LogP) is 4.33. The summed E-state index contributed by atoms with van der Waals surface area (Å²) in [6.07, 6.45) is 2.76. The minimum Gasteiger partial charge on any atom is -0.493 e. The zero-order chi connectivity index (χ0) is 20.0. The van der Waals surface area contributed by atoms with Crippen LogP contribution in [0.3, 0.4) is 0 Å². The molecule has 0 radical (unpaired) electrons. The van der Waals surface area contributed by atoms with E-state index in [9.17, 15) is 0 Å². The van der Waals surface area contributed by atoms with Crippen LogP contribution in [0.5, 0.6) is 17.2 Å². The molecule has 2 heterocycles. The summed E-state index contributed by atoms with van der Waals surface area (Å²) in [6.45, 7) is 0. The lowest BCUT2D eigenvalue weighted by molar-refractivity contribution is 0.324. The second-order valence-electron chi connectivity index (χ2n) is 6.72. The van der Waals surface area contributed by atoms with Crippen molar-refractivity contribution in [2.75, 3.05) is 21.3 Å². The number of ether oxygens (including phenoxy) is 3. The number of nitrogens with one attached hydrogen (secondary N) is 1. The van der Waals surface area contributed by atoms with Crippen LogP contribution in [-0.4, -0.2) is 36.5 Å². The van der Waals surface area contributed by atoms with Crippen molar-refractivity contribution in [2.45, 2.75) is 6.42 Å². The van der Waals surface area contributed by atoms with Gasteiger partial charge in [0.2, 0.25) is 17.5 Å². The lowest BCUT2D eigenvalue weighted by atomic mass is 10.1. The zero-order valence-corrected chi connectivity index (χ0v) is 16.3. The Morgan fingerprint density at radius 3 is 2.34 bits per heavy atom. The smallest absolute Gasteiger partial charge is 0.250 e. The topological polar surface area (TPSA) is 82.4 Å². The van der Waals surface area contributed by atoms with Crippen molar-refractivity contribution in [3.8, 4) is 51.4 Å². The molecule has 2 aromatic heterocycles. The van der Waals surface area contributed by atoms with Crippen molar-refractivity contribution in [3.63, 3.8) is 0 Å². The molecular weight excluding hydrogens is 370 g/mol. The molecule has 29 heavy (non-hydrogen) atoms. The van der Waals surface area contributed by atoms with E-state index in [1.54, 1.807) is 33.5 Å². The van der Waals surface area contributed by atoms with Crippen LogP contribution in [0.15, 0.2) is 47.0 Å². The number of hydrogen-bond donors (Lipinski definition) is 1. The summed E-state index contributed by atoms with van der Waals surface area (Å²) >= 11 is 0. The van der Waals surface area contributed by atoms with E-state index in [4.69, 9.17) is 18.6 Å². The fourth-order valence-corrected chi connectivity index (χ4v) is 3.83. The summed E-state index contributed by atoms with van der Waals surface area (Å²) < 4.78 is 22.2. The van der Waals surface area contributed by atoms with Gasteiger partial charge >= 0.3 is 0 Å². The molecule has 5 rings (SSSR count). The van der Waals surface area contributed by atoms with Gasteiger partial charge in [-0.3, -0.25) is 0 Å². The fourth-order valence-electron chi connectivity index (χ4n) is 3.83. The van der Waals surface area contributed by atoms with Crippen LogP contribution in [0.1, 0.15) is 11.1 Å². The maximum Gasteiger partial charge on any atom is 0.250 e. The van der Waals surface area contributed by atoms with Crippen molar-refractivity contribution in [2.24, 2.45) is 0 Å². The Kier molecular flexibility index (Phi) is 4.01. The lowest BCUT2D eigenvalue weighted by Gasteiger charge is -2.12. The van der Waals surface area contributed by atoms with Gasteiger partial charge in [-0.25, -0.2) is 0 Å². The van der Waals surface area contributed by atoms with Gasteiger partial charge in [-0.2, -0.15) is 0 Å². The van der Waals surface area contributed by atoms with Gasteiger partial charge in [-0.05, 0) is 23.3 Å². The Morgan fingerprint density at radius 2 is 1.62 bits per heavy atom. The fraction of sp³-hybridized carbons (Fsp3) is 0.182. The molecular formula is C22H19N3O4. The quantitative estimate of drug-likeness (QED) is 0.482. The Balaban J connectivity index is 1.54. The molecule has 0 fully saturated rings. The SMILES string of the molecule is COc1cc(-c2nnc(-c3c[nH]c4c3Cc3ccccc3-4)o2)cc(OC)c1OC. The molecule has 146 valence electrons. The molecule has 0 saturated carbocycles. The normalized spacial score (nSPS) is 11.8.